The van der Waals surface area contributed by atoms with Crippen LogP contribution in [0, 0.1) is 0 Å². The lowest BCUT2D eigenvalue weighted by Crippen LogP contribution is -2.33. The van der Waals surface area contributed by atoms with Gasteiger partial charge in [-0.05, 0) is 36.4 Å². The lowest BCUT2D eigenvalue weighted by Gasteiger charge is -2.22. The Morgan fingerprint density at radius 2 is 2.00 bits per heavy atom. The SMILES string of the molecule is NNc1ccccc1S(=O)(=O)N(Cc1cccs1)C1CC1. The first kappa shape index (κ1) is 14.5. The third kappa shape index (κ3) is 2.96. The fraction of sp³-hybridized carbons (Fsp3) is 0.286. The van der Waals surface area contributed by atoms with Gasteiger partial charge in [-0.25, -0.2) is 8.42 Å². The highest BCUT2D eigenvalue weighted by Gasteiger charge is 2.39. The van der Waals surface area contributed by atoms with Gasteiger partial charge >= 0.3 is 0 Å². The quantitative estimate of drug-likeness (QED) is 0.632. The summed E-state index contributed by atoms with van der Waals surface area (Å²) in [5, 5.41) is 1.96. The molecule has 0 aliphatic heterocycles. The second kappa shape index (κ2) is 5.76. The number of thiophene rings is 1. The molecule has 1 saturated carbocycles. The number of nitrogen functional groups attached to an aromatic ring is 1. The van der Waals surface area contributed by atoms with Crippen LogP contribution < -0.4 is 11.3 Å². The maximum Gasteiger partial charge on any atom is 0.245 e. The Morgan fingerprint density at radius 3 is 2.62 bits per heavy atom. The molecule has 1 aliphatic rings. The second-order valence-electron chi connectivity index (χ2n) is 5.00. The topological polar surface area (TPSA) is 75.4 Å². The molecule has 7 heteroatoms. The Bertz CT molecular complexity index is 710. The van der Waals surface area contributed by atoms with Gasteiger partial charge < -0.3 is 5.43 Å². The number of hydrogen-bond donors (Lipinski definition) is 2. The van der Waals surface area contributed by atoms with E-state index >= 15 is 0 Å². The van der Waals surface area contributed by atoms with E-state index in [2.05, 4.69) is 5.43 Å². The average Bonchev–Trinajstić information content (AvgIpc) is 3.20. The average molecular weight is 323 g/mol. The van der Waals surface area contributed by atoms with Crippen molar-refractivity contribution in [2.75, 3.05) is 5.43 Å². The molecular weight excluding hydrogens is 306 g/mol. The maximum atomic E-state index is 13.0. The van der Waals surface area contributed by atoms with E-state index in [1.54, 1.807) is 39.9 Å². The van der Waals surface area contributed by atoms with Crippen LogP contribution in [-0.4, -0.2) is 18.8 Å². The zero-order valence-corrected chi connectivity index (χ0v) is 13.0. The monoisotopic (exact) mass is 323 g/mol. The minimum Gasteiger partial charge on any atom is -0.323 e. The minimum absolute atomic E-state index is 0.0999. The molecule has 0 unspecified atom stereocenters. The van der Waals surface area contributed by atoms with Crippen molar-refractivity contribution < 1.29 is 8.42 Å². The Morgan fingerprint density at radius 1 is 1.24 bits per heavy atom. The molecule has 112 valence electrons. The predicted molar refractivity (Wildman–Crippen MR) is 84.3 cm³/mol. The third-order valence-corrected chi connectivity index (χ3v) is 6.29. The zero-order chi connectivity index (χ0) is 14.9. The number of nitrogens with zero attached hydrogens (tertiary/aromatic N) is 1. The summed E-state index contributed by atoms with van der Waals surface area (Å²) in [4.78, 5) is 1.28. The van der Waals surface area contributed by atoms with Crippen molar-refractivity contribution in [2.45, 2.75) is 30.3 Å². The van der Waals surface area contributed by atoms with E-state index in [-0.39, 0.29) is 10.9 Å². The predicted octanol–water partition coefficient (Wildman–Crippen LogP) is 2.39. The van der Waals surface area contributed by atoms with E-state index in [0.29, 0.717) is 12.2 Å². The third-order valence-electron chi connectivity index (χ3n) is 3.48. The van der Waals surface area contributed by atoms with Gasteiger partial charge in [0, 0.05) is 17.5 Å². The lowest BCUT2D eigenvalue weighted by atomic mass is 10.3. The highest BCUT2D eigenvalue weighted by molar-refractivity contribution is 7.89. The molecule has 0 atom stereocenters. The molecule has 0 bridgehead atoms. The number of hydrazine groups is 1. The van der Waals surface area contributed by atoms with Gasteiger partial charge in [0.25, 0.3) is 0 Å². The number of benzene rings is 1. The number of para-hydroxylation sites is 1. The number of sulfonamides is 1. The molecule has 1 aliphatic carbocycles. The molecule has 3 rings (SSSR count). The van der Waals surface area contributed by atoms with Crippen LogP contribution in [0.15, 0.2) is 46.7 Å². The molecule has 0 saturated heterocycles. The number of nitrogens with one attached hydrogen (secondary N) is 1. The molecule has 1 fully saturated rings. The standard InChI is InChI=1S/C14H17N3O2S2/c15-16-13-5-1-2-6-14(13)21(18,19)17(11-7-8-11)10-12-4-3-9-20-12/h1-6,9,11,16H,7-8,10,15H2. The van der Waals surface area contributed by atoms with Crippen LogP contribution in [0.5, 0.6) is 0 Å². The smallest absolute Gasteiger partial charge is 0.245 e. The van der Waals surface area contributed by atoms with Crippen molar-refractivity contribution in [3.8, 4) is 0 Å². The van der Waals surface area contributed by atoms with E-state index in [1.165, 1.54) is 0 Å². The zero-order valence-electron chi connectivity index (χ0n) is 11.4. The molecule has 3 N–H and O–H groups in total. The molecule has 0 amide bonds. The Kier molecular flexibility index (Phi) is 3.99. The van der Waals surface area contributed by atoms with Crippen molar-refractivity contribution in [2.24, 2.45) is 5.84 Å². The number of hydrogen-bond acceptors (Lipinski definition) is 5. The van der Waals surface area contributed by atoms with Crippen LogP contribution in [0.25, 0.3) is 0 Å². The first-order valence-electron chi connectivity index (χ1n) is 6.73. The van der Waals surface area contributed by atoms with Gasteiger partial charge in [-0.15, -0.1) is 11.3 Å². The highest BCUT2D eigenvalue weighted by Crippen LogP contribution is 2.35. The Hall–Kier alpha value is -1.41. The van der Waals surface area contributed by atoms with Crippen molar-refractivity contribution in [1.82, 2.24) is 4.31 Å². The van der Waals surface area contributed by atoms with Crippen LogP contribution >= 0.6 is 11.3 Å². The molecular formula is C14H17N3O2S2. The van der Waals surface area contributed by atoms with Gasteiger partial charge in [-0.1, -0.05) is 18.2 Å². The summed E-state index contributed by atoms with van der Waals surface area (Å²) in [5.74, 6) is 5.44. The van der Waals surface area contributed by atoms with Crippen molar-refractivity contribution in [3.63, 3.8) is 0 Å². The summed E-state index contributed by atoms with van der Waals surface area (Å²) in [6.45, 7) is 0.420. The molecule has 1 heterocycles. The molecule has 2 aromatic rings. The number of anilines is 1. The first-order chi connectivity index (χ1) is 10.1. The van der Waals surface area contributed by atoms with E-state index in [1.807, 2.05) is 17.5 Å². The van der Waals surface area contributed by atoms with Crippen LogP contribution in [0.3, 0.4) is 0 Å². The van der Waals surface area contributed by atoms with E-state index in [9.17, 15) is 8.42 Å². The van der Waals surface area contributed by atoms with Crippen molar-refractivity contribution in [3.05, 3.63) is 46.7 Å². The van der Waals surface area contributed by atoms with Gasteiger partial charge in [0.1, 0.15) is 4.90 Å². The summed E-state index contributed by atoms with van der Waals surface area (Å²) in [5.41, 5.74) is 2.90. The van der Waals surface area contributed by atoms with Gasteiger partial charge in [-0.3, -0.25) is 5.84 Å². The van der Waals surface area contributed by atoms with E-state index < -0.39 is 10.0 Å². The fourth-order valence-corrected chi connectivity index (χ4v) is 4.87. The van der Waals surface area contributed by atoms with Crippen LogP contribution in [0.1, 0.15) is 17.7 Å². The molecule has 21 heavy (non-hydrogen) atoms. The minimum atomic E-state index is -3.56. The van der Waals surface area contributed by atoms with Crippen LogP contribution in [0.4, 0.5) is 5.69 Å². The molecule has 0 spiro atoms. The largest absolute Gasteiger partial charge is 0.323 e. The van der Waals surface area contributed by atoms with Gasteiger partial charge in [0.15, 0.2) is 0 Å². The highest BCUT2D eigenvalue weighted by atomic mass is 32.2. The Balaban J connectivity index is 1.97. The van der Waals surface area contributed by atoms with Gasteiger partial charge in [0.2, 0.25) is 10.0 Å². The maximum absolute atomic E-state index is 13.0. The molecule has 1 aromatic heterocycles. The van der Waals surface area contributed by atoms with Crippen molar-refractivity contribution >= 4 is 27.0 Å². The number of nitrogens with two attached hydrogens (primary N) is 1. The van der Waals surface area contributed by atoms with E-state index in [4.69, 9.17) is 5.84 Å². The molecule has 1 aromatic carbocycles. The van der Waals surface area contributed by atoms with Crippen LogP contribution in [0.2, 0.25) is 0 Å². The fourth-order valence-electron chi connectivity index (χ4n) is 2.27. The van der Waals surface area contributed by atoms with Gasteiger partial charge in [-0.2, -0.15) is 4.31 Å². The summed E-state index contributed by atoms with van der Waals surface area (Å²) in [6.07, 6.45) is 1.84. The molecule has 0 radical (unpaired) electrons. The molecule has 5 nitrogen and oxygen atoms in total. The normalized spacial score (nSPS) is 15.3. The Labute approximate surface area is 128 Å². The number of rotatable bonds is 6. The summed E-state index contributed by atoms with van der Waals surface area (Å²) < 4.78 is 27.5. The summed E-state index contributed by atoms with van der Waals surface area (Å²) in [6, 6.07) is 10.7. The van der Waals surface area contributed by atoms with Crippen molar-refractivity contribution in [1.29, 1.82) is 0 Å². The lowest BCUT2D eigenvalue weighted by molar-refractivity contribution is 0.401. The first-order valence-corrected chi connectivity index (χ1v) is 9.05. The summed E-state index contributed by atoms with van der Waals surface area (Å²) in [7, 11) is -3.56. The summed E-state index contributed by atoms with van der Waals surface area (Å²) >= 11 is 1.57. The van der Waals surface area contributed by atoms with Gasteiger partial charge in [0.05, 0.1) is 5.69 Å². The van der Waals surface area contributed by atoms with E-state index in [0.717, 1.165) is 17.7 Å². The second-order valence-corrected chi connectivity index (χ2v) is 7.89. The van der Waals surface area contributed by atoms with Crippen LogP contribution in [-0.2, 0) is 16.6 Å².